The third kappa shape index (κ3) is 2.69. The predicted octanol–water partition coefficient (Wildman–Crippen LogP) is 1.55. The molecule has 0 saturated heterocycles. The minimum absolute atomic E-state index is 0.0678. The van der Waals surface area contributed by atoms with Gasteiger partial charge in [0.25, 0.3) is 0 Å². The zero-order valence-electron chi connectivity index (χ0n) is 8.81. The summed E-state index contributed by atoms with van der Waals surface area (Å²) in [6, 6.07) is 5.93. The van der Waals surface area contributed by atoms with Gasteiger partial charge in [0.2, 0.25) is 0 Å². The lowest BCUT2D eigenvalue weighted by Gasteiger charge is -2.20. The number of anilines is 1. The summed E-state index contributed by atoms with van der Waals surface area (Å²) in [5.74, 6) is -0.0678. The molecular weight excluding hydrogens is 188 g/mol. The van der Waals surface area contributed by atoms with Gasteiger partial charge < -0.3 is 4.90 Å². The maximum absolute atomic E-state index is 8.89. The quantitative estimate of drug-likeness (QED) is 0.742. The van der Waals surface area contributed by atoms with E-state index in [0.717, 1.165) is 5.69 Å². The average molecular weight is 200 g/mol. The van der Waals surface area contributed by atoms with Gasteiger partial charge >= 0.3 is 0 Å². The molecule has 0 aliphatic rings. The van der Waals surface area contributed by atoms with Gasteiger partial charge in [0.05, 0.1) is 29.4 Å². The van der Waals surface area contributed by atoms with Crippen LogP contribution >= 0.6 is 0 Å². The summed E-state index contributed by atoms with van der Waals surface area (Å²) >= 11 is 0. The van der Waals surface area contributed by atoms with Gasteiger partial charge in [-0.05, 0) is 13.0 Å². The molecule has 0 amide bonds. The molecule has 0 saturated carbocycles. The smallest absolute Gasteiger partial charge is 0.101 e. The van der Waals surface area contributed by atoms with Gasteiger partial charge in [-0.25, -0.2) is 0 Å². The summed E-state index contributed by atoms with van der Waals surface area (Å²) in [4.78, 5) is 5.85. The molecule has 15 heavy (non-hydrogen) atoms. The van der Waals surface area contributed by atoms with Crippen LogP contribution in [0.3, 0.4) is 0 Å². The number of hydrogen-bond acceptors (Lipinski definition) is 4. The molecule has 0 aliphatic carbocycles. The van der Waals surface area contributed by atoms with Crippen molar-refractivity contribution in [2.75, 3.05) is 18.5 Å². The van der Waals surface area contributed by atoms with Crippen molar-refractivity contribution in [1.29, 1.82) is 10.5 Å². The normalized spacial score (nSPS) is 11.2. The maximum Gasteiger partial charge on any atom is 0.101 e. The molecule has 4 nitrogen and oxygen atoms in total. The van der Waals surface area contributed by atoms with Crippen molar-refractivity contribution in [2.45, 2.75) is 6.92 Å². The first-order valence-electron chi connectivity index (χ1n) is 4.64. The first-order chi connectivity index (χ1) is 7.19. The molecule has 0 N–H and O–H groups in total. The second-order valence-electron chi connectivity index (χ2n) is 3.42. The van der Waals surface area contributed by atoms with E-state index in [-0.39, 0.29) is 5.92 Å². The Kier molecular flexibility index (Phi) is 3.65. The highest BCUT2D eigenvalue weighted by Crippen LogP contribution is 2.17. The fourth-order valence-corrected chi connectivity index (χ4v) is 1.33. The Morgan fingerprint density at radius 1 is 1.53 bits per heavy atom. The summed E-state index contributed by atoms with van der Waals surface area (Å²) in [5.41, 5.74) is 1.35. The third-order valence-corrected chi connectivity index (χ3v) is 2.10. The number of nitrogens with zero attached hydrogens (tertiary/aromatic N) is 4. The molecule has 1 aromatic heterocycles. The van der Waals surface area contributed by atoms with Crippen molar-refractivity contribution < 1.29 is 0 Å². The SMILES string of the molecule is CC(C#N)CN(C)c1cnccc1C#N. The van der Waals surface area contributed by atoms with Crippen molar-refractivity contribution in [3.8, 4) is 12.1 Å². The van der Waals surface area contributed by atoms with Crippen LogP contribution in [0.15, 0.2) is 18.5 Å². The van der Waals surface area contributed by atoms with E-state index in [1.54, 1.807) is 18.5 Å². The Morgan fingerprint density at radius 3 is 2.87 bits per heavy atom. The lowest BCUT2D eigenvalue weighted by Crippen LogP contribution is -2.24. The molecule has 0 aliphatic heterocycles. The molecule has 1 heterocycles. The highest BCUT2D eigenvalue weighted by atomic mass is 15.1. The van der Waals surface area contributed by atoms with E-state index >= 15 is 0 Å². The Morgan fingerprint density at radius 2 is 2.27 bits per heavy atom. The van der Waals surface area contributed by atoms with Crippen LogP contribution in [0.1, 0.15) is 12.5 Å². The van der Waals surface area contributed by atoms with Gasteiger partial charge in [0, 0.05) is 19.8 Å². The van der Waals surface area contributed by atoms with Crippen LogP contribution in [-0.2, 0) is 0 Å². The molecule has 0 bridgehead atoms. The summed E-state index contributed by atoms with van der Waals surface area (Å²) in [7, 11) is 1.85. The first-order valence-corrected chi connectivity index (χ1v) is 4.64. The number of aromatic nitrogens is 1. The standard InChI is InChI=1S/C11H12N4/c1-9(5-12)8-15(2)11-7-14-4-3-10(11)6-13/h3-4,7,9H,8H2,1-2H3. The maximum atomic E-state index is 8.89. The fraction of sp³-hybridized carbons (Fsp3) is 0.364. The van der Waals surface area contributed by atoms with Crippen molar-refractivity contribution in [3.05, 3.63) is 24.0 Å². The van der Waals surface area contributed by atoms with Crippen molar-refractivity contribution >= 4 is 5.69 Å². The number of nitriles is 2. The summed E-state index contributed by atoms with van der Waals surface area (Å²) in [6.45, 7) is 2.44. The second kappa shape index (κ2) is 4.97. The largest absolute Gasteiger partial charge is 0.371 e. The van der Waals surface area contributed by atoms with Crippen LogP contribution in [0.25, 0.3) is 0 Å². The van der Waals surface area contributed by atoms with E-state index in [1.807, 2.05) is 18.9 Å². The van der Waals surface area contributed by atoms with Gasteiger partial charge in [-0.1, -0.05) is 0 Å². The highest BCUT2D eigenvalue weighted by Gasteiger charge is 2.09. The Bertz CT molecular complexity index is 413. The van der Waals surface area contributed by atoms with Crippen molar-refractivity contribution in [2.24, 2.45) is 5.92 Å². The lowest BCUT2D eigenvalue weighted by molar-refractivity contribution is 0.715. The molecule has 1 aromatic rings. The predicted molar refractivity (Wildman–Crippen MR) is 57.0 cm³/mol. The van der Waals surface area contributed by atoms with E-state index in [2.05, 4.69) is 17.1 Å². The molecular formula is C11H12N4. The number of hydrogen-bond donors (Lipinski definition) is 0. The first kappa shape index (κ1) is 11.0. The van der Waals surface area contributed by atoms with Crippen LogP contribution in [0.5, 0.6) is 0 Å². The van der Waals surface area contributed by atoms with Gasteiger partial charge in [0.15, 0.2) is 0 Å². The monoisotopic (exact) mass is 200 g/mol. The Labute approximate surface area is 89.4 Å². The van der Waals surface area contributed by atoms with E-state index in [4.69, 9.17) is 10.5 Å². The second-order valence-corrected chi connectivity index (χ2v) is 3.42. The topological polar surface area (TPSA) is 63.7 Å². The molecule has 0 aromatic carbocycles. The van der Waals surface area contributed by atoms with Gasteiger partial charge in [-0.3, -0.25) is 4.98 Å². The minimum atomic E-state index is -0.0678. The molecule has 76 valence electrons. The van der Waals surface area contributed by atoms with E-state index in [1.165, 1.54) is 0 Å². The van der Waals surface area contributed by atoms with Crippen LogP contribution in [0, 0.1) is 28.6 Å². The highest BCUT2D eigenvalue weighted by molar-refractivity contribution is 5.57. The molecule has 4 heteroatoms. The molecule has 1 unspecified atom stereocenters. The fourth-order valence-electron chi connectivity index (χ4n) is 1.33. The van der Waals surface area contributed by atoms with Gasteiger partial charge in [0.1, 0.15) is 6.07 Å². The zero-order valence-corrected chi connectivity index (χ0v) is 8.81. The van der Waals surface area contributed by atoms with E-state index in [9.17, 15) is 0 Å². The molecule has 1 atom stereocenters. The molecule has 0 fully saturated rings. The molecule has 0 spiro atoms. The van der Waals surface area contributed by atoms with Crippen molar-refractivity contribution in [1.82, 2.24) is 4.98 Å². The van der Waals surface area contributed by atoms with Crippen molar-refractivity contribution in [3.63, 3.8) is 0 Å². The van der Waals surface area contributed by atoms with Gasteiger partial charge in [-0.2, -0.15) is 10.5 Å². The number of pyridine rings is 1. The third-order valence-electron chi connectivity index (χ3n) is 2.10. The average Bonchev–Trinajstić information content (AvgIpc) is 2.28. The minimum Gasteiger partial charge on any atom is -0.371 e. The molecule has 1 rings (SSSR count). The summed E-state index contributed by atoms with van der Waals surface area (Å²) < 4.78 is 0. The number of rotatable bonds is 3. The van der Waals surface area contributed by atoms with Crippen LogP contribution in [0.4, 0.5) is 5.69 Å². The van der Waals surface area contributed by atoms with Gasteiger partial charge in [-0.15, -0.1) is 0 Å². The van der Waals surface area contributed by atoms with Crippen LogP contribution in [-0.4, -0.2) is 18.6 Å². The summed E-state index contributed by atoms with van der Waals surface area (Å²) in [5, 5.41) is 17.6. The summed E-state index contributed by atoms with van der Waals surface area (Å²) in [6.07, 6.45) is 3.23. The molecule has 0 radical (unpaired) electrons. The Hall–Kier alpha value is -2.07. The van der Waals surface area contributed by atoms with E-state index < -0.39 is 0 Å². The van der Waals surface area contributed by atoms with Crippen LogP contribution < -0.4 is 4.90 Å². The van der Waals surface area contributed by atoms with E-state index in [0.29, 0.717) is 12.1 Å². The van der Waals surface area contributed by atoms with Crippen LogP contribution in [0.2, 0.25) is 0 Å². The Balaban J connectivity index is 2.88. The zero-order chi connectivity index (χ0) is 11.3. The lowest BCUT2D eigenvalue weighted by atomic mass is 10.1.